The Kier molecular flexibility index (Phi) is 5.52. The molecule has 8 heteroatoms. The summed E-state index contributed by atoms with van der Waals surface area (Å²) in [5.41, 5.74) is 3.98. The van der Waals surface area contributed by atoms with E-state index in [1.54, 1.807) is 4.90 Å². The Morgan fingerprint density at radius 1 is 1.21 bits per heavy atom. The van der Waals surface area contributed by atoms with Gasteiger partial charge in [0.1, 0.15) is 18.6 Å². The molecular weight excluding hydrogens is 408 g/mol. The van der Waals surface area contributed by atoms with Crippen molar-refractivity contribution < 1.29 is 9.59 Å². The molecule has 0 spiro atoms. The van der Waals surface area contributed by atoms with Gasteiger partial charge in [-0.2, -0.15) is 0 Å². The molecular formula is C21H21ClN4O2S. The second-order valence-corrected chi connectivity index (χ2v) is 8.77. The Morgan fingerprint density at radius 3 is 2.69 bits per heavy atom. The number of thioether (sulfide) groups is 1. The lowest BCUT2D eigenvalue weighted by Crippen LogP contribution is -2.46. The van der Waals surface area contributed by atoms with Crippen molar-refractivity contribution in [3.05, 3.63) is 58.6 Å². The van der Waals surface area contributed by atoms with Crippen molar-refractivity contribution in [3.8, 4) is 0 Å². The van der Waals surface area contributed by atoms with Gasteiger partial charge in [-0.1, -0.05) is 29.4 Å². The number of carbonyl (C=O) groups is 2. The third-order valence-corrected chi connectivity index (χ3v) is 6.53. The highest BCUT2D eigenvalue weighted by Crippen LogP contribution is 2.33. The third kappa shape index (κ3) is 4.26. The Morgan fingerprint density at radius 2 is 1.97 bits per heavy atom. The number of amides is 2. The van der Waals surface area contributed by atoms with Crippen LogP contribution in [0.2, 0.25) is 5.02 Å². The van der Waals surface area contributed by atoms with E-state index < -0.39 is 5.25 Å². The summed E-state index contributed by atoms with van der Waals surface area (Å²) in [5.74, 6) is -0.253. The fraction of sp³-hybridized carbons (Fsp3) is 0.286. The molecule has 0 aliphatic carbocycles. The van der Waals surface area contributed by atoms with E-state index in [1.807, 2.05) is 61.2 Å². The van der Waals surface area contributed by atoms with Crippen LogP contribution in [0.15, 0.2) is 47.5 Å². The Labute approximate surface area is 178 Å². The van der Waals surface area contributed by atoms with Crippen LogP contribution < -0.4 is 10.2 Å². The van der Waals surface area contributed by atoms with Crippen LogP contribution in [-0.4, -0.2) is 40.5 Å². The van der Waals surface area contributed by atoms with Gasteiger partial charge in [-0.3, -0.25) is 14.5 Å². The number of nitrogens with one attached hydrogen (secondary N) is 1. The average Bonchev–Trinajstić information content (AvgIpc) is 3.00. The molecule has 2 aromatic rings. The first-order valence-electron chi connectivity index (χ1n) is 9.31. The molecule has 0 bridgehead atoms. The normalized spacial score (nSPS) is 18.5. The molecule has 29 heavy (non-hydrogen) atoms. The van der Waals surface area contributed by atoms with Crippen LogP contribution in [0, 0.1) is 13.8 Å². The van der Waals surface area contributed by atoms with Crippen LogP contribution in [0.5, 0.6) is 0 Å². The molecule has 0 radical (unpaired) electrons. The summed E-state index contributed by atoms with van der Waals surface area (Å²) in [6.07, 6.45) is 0.118. The maximum Gasteiger partial charge on any atom is 0.244 e. The first-order chi connectivity index (χ1) is 13.9. The van der Waals surface area contributed by atoms with Crippen molar-refractivity contribution in [1.82, 2.24) is 4.90 Å². The summed E-state index contributed by atoms with van der Waals surface area (Å²) in [4.78, 5) is 33.5. The standard InChI is InChI=1S/C21H21ClN4O2S/c1-13-3-6-16(9-14(13)2)24-19(27)10-18-20(28)26-12-25(11-23-21(26)29-18)17-7-4-15(22)5-8-17/h3-9,18H,10-12H2,1-2H3,(H,24,27)/t18-/m0/s1. The van der Waals surface area contributed by atoms with Gasteiger partial charge in [0.25, 0.3) is 0 Å². The van der Waals surface area contributed by atoms with Crippen molar-refractivity contribution in [2.75, 3.05) is 23.6 Å². The molecule has 2 aliphatic heterocycles. The maximum absolute atomic E-state index is 12.9. The number of hydrogen-bond donors (Lipinski definition) is 1. The van der Waals surface area contributed by atoms with E-state index in [9.17, 15) is 9.59 Å². The number of amidine groups is 1. The lowest BCUT2D eigenvalue weighted by atomic mass is 10.1. The first-order valence-corrected chi connectivity index (χ1v) is 10.6. The summed E-state index contributed by atoms with van der Waals surface area (Å²) >= 11 is 7.32. The van der Waals surface area contributed by atoms with Crippen LogP contribution in [-0.2, 0) is 9.59 Å². The zero-order valence-electron chi connectivity index (χ0n) is 16.2. The summed E-state index contributed by atoms with van der Waals surface area (Å²) in [7, 11) is 0. The number of benzene rings is 2. The highest BCUT2D eigenvalue weighted by molar-refractivity contribution is 8.15. The van der Waals surface area contributed by atoms with Gasteiger partial charge >= 0.3 is 0 Å². The minimum atomic E-state index is -0.453. The highest BCUT2D eigenvalue weighted by atomic mass is 35.5. The topological polar surface area (TPSA) is 65.0 Å². The minimum Gasteiger partial charge on any atom is -0.334 e. The highest BCUT2D eigenvalue weighted by Gasteiger charge is 2.41. The van der Waals surface area contributed by atoms with Crippen LogP contribution in [0.4, 0.5) is 11.4 Å². The summed E-state index contributed by atoms with van der Waals surface area (Å²) < 4.78 is 0. The summed E-state index contributed by atoms with van der Waals surface area (Å²) in [6, 6.07) is 13.2. The molecule has 2 aromatic carbocycles. The molecule has 0 unspecified atom stereocenters. The molecule has 2 aliphatic rings. The summed E-state index contributed by atoms with van der Waals surface area (Å²) in [5, 5.41) is 3.79. The largest absolute Gasteiger partial charge is 0.334 e. The number of anilines is 2. The van der Waals surface area contributed by atoms with Crippen LogP contribution in [0.3, 0.4) is 0 Å². The molecule has 150 valence electrons. The van der Waals surface area contributed by atoms with Gasteiger partial charge in [-0.15, -0.1) is 0 Å². The van der Waals surface area contributed by atoms with Gasteiger partial charge in [0.15, 0.2) is 5.17 Å². The Balaban J connectivity index is 1.39. The number of fused-ring (bicyclic) bond motifs is 1. The zero-order valence-corrected chi connectivity index (χ0v) is 17.8. The zero-order chi connectivity index (χ0) is 20.5. The molecule has 6 nitrogen and oxygen atoms in total. The predicted octanol–water partition coefficient (Wildman–Crippen LogP) is 4.02. The molecule has 1 N–H and O–H groups in total. The first kappa shape index (κ1) is 19.8. The number of rotatable bonds is 4. The SMILES string of the molecule is Cc1ccc(NC(=O)C[C@@H]2SC3=NCN(c4ccc(Cl)cc4)CN3C2=O)cc1C. The fourth-order valence-corrected chi connectivity index (χ4v) is 4.52. The summed E-state index contributed by atoms with van der Waals surface area (Å²) in [6.45, 7) is 4.92. The number of halogens is 1. The van der Waals surface area contributed by atoms with Crippen molar-refractivity contribution in [2.24, 2.45) is 4.99 Å². The van der Waals surface area contributed by atoms with Crippen LogP contribution >= 0.6 is 23.4 Å². The second kappa shape index (κ2) is 8.08. The van der Waals surface area contributed by atoms with E-state index in [2.05, 4.69) is 10.3 Å². The molecule has 4 rings (SSSR count). The molecule has 0 saturated carbocycles. The maximum atomic E-state index is 12.9. The van der Waals surface area contributed by atoms with Gasteiger partial charge in [-0.25, -0.2) is 4.99 Å². The smallest absolute Gasteiger partial charge is 0.244 e. The number of hydrogen-bond acceptors (Lipinski definition) is 5. The van der Waals surface area contributed by atoms with Crippen LogP contribution in [0.25, 0.3) is 0 Å². The molecule has 1 fully saturated rings. The molecule has 1 atom stereocenters. The molecule has 1 saturated heterocycles. The number of carbonyl (C=O) groups excluding carboxylic acids is 2. The number of nitrogens with zero attached hydrogens (tertiary/aromatic N) is 3. The van der Waals surface area contributed by atoms with Crippen molar-refractivity contribution >= 4 is 51.7 Å². The quantitative estimate of drug-likeness (QED) is 0.798. The average molecular weight is 429 g/mol. The third-order valence-electron chi connectivity index (χ3n) is 5.06. The van der Waals surface area contributed by atoms with Gasteiger partial charge in [0.2, 0.25) is 11.8 Å². The van der Waals surface area contributed by atoms with Crippen molar-refractivity contribution in [1.29, 1.82) is 0 Å². The Hall–Kier alpha value is -2.51. The molecule has 0 aromatic heterocycles. The van der Waals surface area contributed by atoms with Gasteiger partial charge in [0, 0.05) is 22.8 Å². The monoisotopic (exact) mass is 428 g/mol. The van der Waals surface area contributed by atoms with E-state index >= 15 is 0 Å². The van der Waals surface area contributed by atoms with Gasteiger partial charge in [0.05, 0.1) is 0 Å². The number of aliphatic imine (C=N–C) groups is 1. The van der Waals surface area contributed by atoms with Crippen molar-refractivity contribution in [3.63, 3.8) is 0 Å². The van der Waals surface area contributed by atoms with Crippen LogP contribution in [0.1, 0.15) is 17.5 Å². The minimum absolute atomic E-state index is 0.0809. The predicted molar refractivity (Wildman–Crippen MR) is 118 cm³/mol. The fourth-order valence-electron chi connectivity index (χ4n) is 3.27. The van der Waals surface area contributed by atoms with E-state index in [-0.39, 0.29) is 18.2 Å². The molecule has 2 amide bonds. The van der Waals surface area contributed by atoms with Gasteiger partial charge < -0.3 is 10.2 Å². The second-order valence-electron chi connectivity index (χ2n) is 7.16. The number of aryl methyl sites for hydroxylation is 2. The van der Waals surface area contributed by atoms with E-state index in [0.717, 1.165) is 16.9 Å². The lowest BCUT2D eigenvalue weighted by molar-refractivity contribution is -0.128. The van der Waals surface area contributed by atoms with E-state index in [4.69, 9.17) is 11.6 Å². The van der Waals surface area contributed by atoms with Crippen molar-refractivity contribution in [2.45, 2.75) is 25.5 Å². The molecule has 2 heterocycles. The lowest BCUT2D eigenvalue weighted by Gasteiger charge is -2.32. The Bertz CT molecular complexity index is 993. The van der Waals surface area contributed by atoms with Gasteiger partial charge in [-0.05, 0) is 61.4 Å². The van der Waals surface area contributed by atoms with E-state index in [1.165, 1.54) is 17.3 Å². The van der Waals surface area contributed by atoms with E-state index in [0.29, 0.717) is 23.5 Å².